The number of rotatable bonds is 1. The van der Waals surface area contributed by atoms with Gasteiger partial charge < -0.3 is 20.1 Å². The van der Waals surface area contributed by atoms with Crippen LogP contribution in [0.15, 0.2) is 42.5 Å². The Balaban J connectivity index is 2.00. The first kappa shape index (κ1) is 11.9. The zero-order valence-electron chi connectivity index (χ0n) is 10.2. The van der Waals surface area contributed by atoms with E-state index >= 15 is 0 Å². The lowest BCUT2D eigenvalue weighted by atomic mass is 9.94. The molecule has 0 fully saturated rings. The molecule has 0 saturated heterocycles. The van der Waals surface area contributed by atoms with Crippen LogP contribution in [0.2, 0.25) is 0 Å². The standard InChI is InChI=1S/C15H14O4/c16-10-6-12(17)11-8-13(18)15(19-14(11)7-10)9-4-2-1-3-5-9/h1-7,13,15-18H,8H2/t13-,15-/m0/s1. The lowest BCUT2D eigenvalue weighted by Crippen LogP contribution is -2.30. The predicted octanol–water partition coefficient (Wildman–Crippen LogP) is 2.13. The van der Waals surface area contributed by atoms with Crippen LogP contribution >= 0.6 is 0 Å². The van der Waals surface area contributed by atoms with Crippen LogP contribution in [-0.2, 0) is 6.42 Å². The molecule has 0 radical (unpaired) electrons. The number of hydrogen-bond acceptors (Lipinski definition) is 4. The molecule has 4 heteroatoms. The first-order valence-electron chi connectivity index (χ1n) is 6.09. The van der Waals surface area contributed by atoms with Gasteiger partial charge in [-0.3, -0.25) is 0 Å². The van der Waals surface area contributed by atoms with Crippen molar-refractivity contribution in [3.63, 3.8) is 0 Å². The largest absolute Gasteiger partial charge is 0.508 e. The van der Waals surface area contributed by atoms with Crippen molar-refractivity contribution in [2.75, 3.05) is 0 Å². The molecule has 0 amide bonds. The molecule has 0 unspecified atom stereocenters. The highest BCUT2D eigenvalue weighted by molar-refractivity contribution is 5.51. The fourth-order valence-electron chi connectivity index (χ4n) is 2.39. The first-order chi connectivity index (χ1) is 9.15. The molecule has 4 nitrogen and oxygen atoms in total. The molecule has 0 aliphatic carbocycles. The number of aliphatic hydroxyl groups is 1. The summed E-state index contributed by atoms with van der Waals surface area (Å²) in [6.07, 6.45) is -0.929. The van der Waals surface area contributed by atoms with Crippen molar-refractivity contribution in [2.45, 2.75) is 18.6 Å². The van der Waals surface area contributed by atoms with Gasteiger partial charge in [0, 0.05) is 24.1 Å². The van der Waals surface area contributed by atoms with Gasteiger partial charge in [-0.25, -0.2) is 0 Å². The molecule has 1 heterocycles. The van der Waals surface area contributed by atoms with E-state index in [4.69, 9.17) is 4.74 Å². The summed E-state index contributed by atoms with van der Waals surface area (Å²) in [4.78, 5) is 0. The minimum absolute atomic E-state index is 0.0550. The van der Waals surface area contributed by atoms with Crippen molar-refractivity contribution in [2.24, 2.45) is 0 Å². The number of phenols is 2. The summed E-state index contributed by atoms with van der Waals surface area (Å²) >= 11 is 0. The number of phenolic OH excluding ortho intramolecular Hbond substituents is 2. The quantitative estimate of drug-likeness (QED) is 0.733. The Morgan fingerprint density at radius 1 is 1.05 bits per heavy atom. The van der Waals surface area contributed by atoms with Crippen molar-refractivity contribution in [1.29, 1.82) is 0 Å². The minimum atomic E-state index is -0.731. The van der Waals surface area contributed by atoms with E-state index < -0.39 is 12.2 Å². The van der Waals surface area contributed by atoms with Crippen LogP contribution in [0.3, 0.4) is 0 Å². The Bertz CT molecular complexity index is 595. The van der Waals surface area contributed by atoms with E-state index in [0.29, 0.717) is 17.7 Å². The molecule has 98 valence electrons. The molecule has 0 spiro atoms. The molecule has 2 aromatic carbocycles. The average Bonchev–Trinajstić information content (AvgIpc) is 2.40. The molecule has 2 aromatic rings. The molecular formula is C15H14O4. The van der Waals surface area contributed by atoms with Gasteiger partial charge in [0.1, 0.15) is 23.4 Å². The second-order valence-corrected chi connectivity index (χ2v) is 4.66. The summed E-state index contributed by atoms with van der Waals surface area (Å²) in [5.41, 5.74) is 1.39. The third kappa shape index (κ3) is 2.11. The van der Waals surface area contributed by atoms with E-state index in [1.807, 2.05) is 30.3 Å². The van der Waals surface area contributed by atoms with Crippen molar-refractivity contribution >= 4 is 0 Å². The topological polar surface area (TPSA) is 69.9 Å². The molecule has 19 heavy (non-hydrogen) atoms. The molecule has 0 saturated carbocycles. The number of hydrogen-bond donors (Lipinski definition) is 3. The highest BCUT2D eigenvalue weighted by atomic mass is 16.5. The molecule has 0 aromatic heterocycles. The van der Waals surface area contributed by atoms with E-state index in [2.05, 4.69) is 0 Å². The van der Waals surface area contributed by atoms with Gasteiger partial charge in [-0.15, -0.1) is 0 Å². The molecule has 1 aliphatic heterocycles. The van der Waals surface area contributed by atoms with E-state index in [0.717, 1.165) is 5.56 Å². The molecule has 3 N–H and O–H groups in total. The summed E-state index contributed by atoms with van der Waals surface area (Å²) in [6.45, 7) is 0. The van der Waals surface area contributed by atoms with Crippen molar-refractivity contribution in [3.05, 3.63) is 53.6 Å². The van der Waals surface area contributed by atoms with Gasteiger partial charge in [-0.2, -0.15) is 0 Å². The maximum Gasteiger partial charge on any atom is 0.150 e. The van der Waals surface area contributed by atoms with Crippen LogP contribution in [0, 0.1) is 0 Å². The monoisotopic (exact) mass is 258 g/mol. The molecular weight excluding hydrogens is 244 g/mol. The van der Waals surface area contributed by atoms with Crippen LogP contribution in [0.4, 0.5) is 0 Å². The average molecular weight is 258 g/mol. The summed E-state index contributed by atoms with van der Waals surface area (Å²) in [7, 11) is 0. The zero-order chi connectivity index (χ0) is 13.4. The predicted molar refractivity (Wildman–Crippen MR) is 69.3 cm³/mol. The summed E-state index contributed by atoms with van der Waals surface area (Å²) in [5, 5.41) is 29.4. The molecule has 3 rings (SSSR count). The summed E-state index contributed by atoms with van der Waals surface area (Å²) < 4.78 is 5.72. The number of aliphatic hydroxyl groups excluding tert-OH is 1. The van der Waals surface area contributed by atoms with Crippen molar-refractivity contribution in [3.8, 4) is 17.2 Å². The number of benzene rings is 2. The van der Waals surface area contributed by atoms with Crippen LogP contribution < -0.4 is 4.74 Å². The Morgan fingerprint density at radius 3 is 2.53 bits per heavy atom. The second-order valence-electron chi connectivity index (χ2n) is 4.66. The molecule has 0 bridgehead atoms. The van der Waals surface area contributed by atoms with E-state index in [-0.39, 0.29) is 11.5 Å². The van der Waals surface area contributed by atoms with Crippen LogP contribution in [-0.4, -0.2) is 21.4 Å². The van der Waals surface area contributed by atoms with E-state index in [1.54, 1.807) is 0 Å². The maximum atomic E-state index is 10.2. The second kappa shape index (κ2) is 4.48. The van der Waals surface area contributed by atoms with E-state index in [1.165, 1.54) is 12.1 Å². The number of aromatic hydroxyl groups is 2. The minimum Gasteiger partial charge on any atom is -0.508 e. The van der Waals surface area contributed by atoms with Gasteiger partial charge >= 0.3 is 0 Å². The molecule has 2 atom stereocenters. The highest BCUT2D eigenvalue weighted by Crippen LogP contribution is 2.41. The zero-order valence-corrected chi connectivity index (χ0v) is 10.2. The summed E-state index contributed by atoms with van der Waals surface area (Å²) in [5.74, 6) is 0.302. The Morgan fingerprint density at radius 2 is 1.79 bits per heavy atom. The van der Waals surface area contributed by atoms with Crippen LogP contribution in [0.5, 0.6) is 17.2 Å². The first-order valence-corrected chi connectivity index (χ1v) is 6.09. The van der Waals surface area contributed by atoms with Gasteiger partial charge in [0.2, 0.25) is 0 Å². The number of fused-ring (bicyclic) bond motifs is 1. The fraction of sp³-hybridized carbons (Fsp3) is 0.200. The Kier molecular flexibility index (Phi) is 2.80. The lowest BCUT2D eigenvalue weighted by molar-refractivity contribution is 0.0198. The number of ether oxygens (including phenoxy) is 1. The van der Waals surface area contributed by atoms with Crippen LogP contribution in [0.1, 0.15) is 17.2 Å². The smallest absolute Gasteiger partial charge is 0.150 e. The Labute approximate surface area is 110 Å². The SMILES string of the molecule is Oc1cc(O)c2c(c1)O[C@@H](c1ccccc1)[C@@H](O)C2. The third-order valence-corrected chi connectivity index (χ3v) is 3.31. The van der Waals surface area contributed by atoms with Crippen molar-refractivity contribution < 1.29 is 20.1 Å². The van der Waals surface area contributed by atoms with Gasteiger partial charge in [-0.1, -0.05) is 30.3 Å². The highest BCUT2D eigenvalue weighted by Gasteiger charge is 2.31. The van der Waals surface area contributed by atoms with E-state index in [9.17, 15) is 15.3 Å². The van der Waals surface area contributed by atoms with Gasteiger partial charge in [0.25, 0.3) is 0 Å². The van der Waals surface area contributed by atoms with Gasteiger partial charge in [0.05, 0.1) is 6.10 Å². The van der Waals surface area contributed by atoms with Gasteiger partial charge in [-0.05, 0) is 5.56 Å². The maximum absolute atomic E-state index is 10.2. The lowest BCUT2D eigenvalue weighted by Gasteiger charge is -2.31. The summed E-state index contributed by atoms with van der Waals surface area (Å²) in [6, 6.07) is 12.1. The Hall–Kier alpha value is -2.20. The normalized spacial score (nSPS) is 21.5. The van der Waals surface area contributed by atoms with Gasteiger partial charge in [0.15, 0.2) is 0 Å². The fourth-order valence-corrected chi connectivity index (χ4v) is 2.39. The third-order valence-electron chi connectivity index (χ3n) is 3.31. The van der Waals surface area contributed by atoms with Crippen LogP contribution in [0.25, 0.3) is 0 Å². The molecule has 1 aliphatic rings. The van der Waals surface area contributed by atoms with Crippen molar-refractivity contribution in [1.82, 2.24) is 0 Å².